The minimum absolute atomic E-state index is 0.228. The number of nitrogens with zero attached hydrogens (tertiary/aromatic N) is 2. The molecular formula is C15H16F3N3O. The van der Waals surface area contributed by atoms with Gasteiger partial charge in [0.05, 0.1) is 0 Å². The zero-order valence-electron chi connectivity index (χ0n) is 12.2. The highest BCUT2D eigenvalue weighted by molar-refractivity contribution is 5.79. The Labute approximate surface area is 125 Å². The van der Waals surface area contributed by atoms with Crippen LogP contribution in [0, 0.1) is 12.7 Å². The van der Waals surface area contributed by atoms with Crippen LogP contribution in [-0.2, 0) is 11.3 Å². The third kappa shape index (κ3) is 3.66. The predicted octanol–water partition coefficient (Wildman–Crippen LogP) is 3.15. The lowest BCUT2D eigenvalue weighted by Gasteiger charge is -2.14. The molecule has 0 aliphatic carbocycles. The van der Waals surface area contributed by atoms with Gasteiger partial charge in [0.25, 0.3) is 6.43 Å². The van der Waals surface area contributed by atoms with Crippen LogP contribution in [0.3, 0.4) is 0 Å². The van der Waals surface area contributed by atoms with Crippen LogP contribution in [0.5, 0.6) is 0 Å². The van der Waals surface area contributed by atoms with E-state index in [1.807, 2.05) is 0 Å². The number of rotatable bonds is 5. The molecule has 1 aromatic heterocycles. The fourth-order valence-electron chi connectivity index (χ4n) is 2.06. The molecule has 0 bridgehead atoms. The highest BCUT2D eigenvalue weighted by Crippen LogP contribution is 2.20. The maximum Gasteiger partial charge on any atom is 0.282 e. The van der Waals surface area contributed by atoms with Crippen LogP contribution < -0.4 is 5.32 Å². The van der Waals surface area contributed by atoms with Crippen LogP contribution in [0.2, 0.25) is 0 Å². The third-order valence-electron chi connectivity index (χ3n) is 3.29. The van der Waals surface area contributed by atoms with Gasteiger partial charge in [0.15, 0.2) is 0 Å². The molecule has 118 valence electrons. The maximum absolute atomic E-state index is 12.8. The Hall–Kier alpha value is -2.31. The molecule has 1 N–H and O–H groups in total. The number of carbonyl (C=O) groups excluding carboxylic acids is 1. The van der Waals surface area contributed by atoms with Gasteiger partial charge in [0.2, 0.25) is 5.91 Å². The number of aromatic nitrogens is 2. The summed E-state index contributed by atoms with van der Waals surface area (Å²) in [7, 11) is 0. The van der Waals surface area contributed by atoms with Crippen molar-refractivity contribution in [1.29, 1.82) is 0 Å². The first-order valence-electron chi connectivity index (χ1n) is 6.75. The van der Waals surface area contributed by atoms with E-state index in [1.54, 1.807) is 26.0 Å². The van der Waals surface area contributed by atoms with E-state index < -0.39 is 12.5 Å². The lowest BCUT2D eigenvalue weighted by atomic mass is 10.2. The van der Waals surface area contributed by atoms with Gasteiger partial charge < -0.3 is 5.32 Å². The summed E-state index contributed by atoms with van der Waals surface area (Å²) in [5.41, 5.74) is 0.878. The number of amides is 1. The SMILES string of the molecule is Cc1cc(C(F)F)nn1C(C)C(=O)NCc1ccc(F)cc1. The predicted molar refractivity (Wildman–Crippen MR) is 74.9 cm³/mol. The first-order valence-corrected chi connectivity index (χ1v) is 6.75. The van der Waals surface area contributed by atoms with Gasteiger partial charge in [0, 0.05) is 12.2 Å². The van der Waals surface area contributed by atoms with E-state index in [2.05, 4.69) is 10.4 Å². The topological polar surface area (TPSA) is 46.9 Å². The van der Waals surface area contributed by atoms with Crippen molar-refractivity contribution < 1.29 is 18.0 Å². The molecule has 2 rings (SSSR count). The van der Waals surface area contributed by atoms with Gasteiger partial charge in [-0.05, 0) is 37.6 Å². The minimum Gasteiger partial charge on any atom is -0.350 e. The van der Waals surface area contributed by atoms with E-state index in [0.29, 0.717) is 5.69 Å². The van der Waals surface area contributed by atoms with Crippen molar-refractivity contribution in [3.05, 3.63) is 53.1 Å². The van der Waals surface area contributed by atoms with E-state index in [1.165, 1.54) is 22.9 Å². The number of carbonyl (C=O) groups is 1. The summed E-state index contributed by atoms with van der Waals surface area (Å²) in [6.45, 7) is 3.42. The zero-order chi connectivity index (χ0) is 16.3. The van der Waals surface area contributed by atoms with E-state index in [0.717, 1.165) is 5.56 Å². The van der Waals surface area contributed by atoms with Gasteiger partial charge in [-0.15, -0.1) is 0 Å². The van der Waals surface area contributed by atoms with Crippen molar-refractivity contribution in [1.82, 2.24) is 15.1 Å². The van der Waals surface area contributed by atoms with Crippen molar-refractivity contribution in [2.75, 3.05) is 0 Å². The van der Waals surface area contributed by atoms with E-state index in [9.17, 15) is 18.0 Å². The minimum atomic E-state index is -2.67. The molecule has 0 radical (unpaired) electrons. The summed E-state index contributed by atoms with van der Waals surface area (Å²) in [5, 5.41) is 6.43. The molecule has 0 aliphatic heterocycles. The molecule has 1 atom stereocenters. The van der Waals surface area contributed by atoms with Crippen LogP contribution in [-0.4, -0.2) is 15.7 Å². The Morgan fingerprint density at radius 2 is 1.95 bits per heavy atom. The zero-order valence-corrected chi connectivity index (χ0v) is 12.2. The summed E-state index contributed by atoms with van der Waals surface area (Å²) < 4.78 is 39.3. The van der Waals surface area contributed by atoms with Gasteiger partial charge in [-0.2, -0.15) is 5.10 Å². The Morgan fingerprint density at radius 3 is 2.50 bits per heavy atom. The molecule has 0 fully saturated rings. The number of halogens is 3. The molecule has 0 aliphatic rings. The summed E-state index contributed by atoms with van der Waals surface area (Å²) in [6.07, 6.45) is -2.67. The summed E-state index contributed by atoms with van der Waals surface area (Å²) in [4.78, 5) is 12.1. The smallest absolute Gasteiger partial charge is 0.282 e. The van der Waals surface area contributed by atoms with Crippen molar-refractivity contribution >= 4 is 5.91 Å². The molecule has 1 heterocycles. The molecule has 7 heteroatoms. The average Bonchev–Trinajstić information content (AvgIpc) is 2.88. The molecule has 2 aromatic rings. The normalized spacial score (nSPS) is 12.5. The second kappa shape index (κ2) is 6.64. The first kappa shape index (κ1) is 16.1. The number of alkyl halides is 2. The lowest BCUT2D eigenvalue weighted by molar-refractivity contribution is -0.124. The summed E-state index contributed by atoms with van der Waals surface area (Å²) in [6, 6.07) is 6.28. The number of nitrogens with one attached hydrogen (secondary N) is 1. The van der Waals surface area contributed by atoms with Crippen LogP contribution >= 0.6 is 0 Å². The third-order valence-corrected chi connectivity index (χ3v) is 3.29. The molecule has 1 amide bonds. The van der Waals surface area contributed by atoms with Crippen molar-refractivity contribution in [3.8, 4) is 0 Å². The van der Waals surface area contributed by atoms with Crippen molar-refractivity contribution in [3.63, 3.8) is 0 Å². The van der Waals surface area contributed by atoms with Crippen molar-refractivity contribution in [2.45, 2.75) is 32.9 Å². The van der Waals surface area contributed by atoms with Gasteiger partial charge in [-0.1, -0.05) is 12.1 Å². The number of hydrogen-bond donors (Lipinski definition) is 1. The van der Waals surface area contributed by atoms with Crippen LogP contribution in [0.15, 0.2) is 30.3 Å². The largest absolute Gasteiger partial charge is 0.350 e. The second-order valence-corrected chi connectivity index (χ2v) is 4.98. The highest BCUT2D eigenvalue weighted by Gasteiger charge is 2.21. The molecule has 1 unspecified atom stereocenters. The Bertz CT molecular complexity index is 653. The molecule has 0 spiro atoms. The molecular weight excluding hydrogens is 295 g/mol. The second-order valence-electron chi connectivity index (χ2n) is 4.98. The maximum atomic E-state index is 12.8. The lowest BCUT2D eigenvalue weighted by Crippen LogP contribution is -2.31. The van der Waals surface area contributed by atoms with Crippen molar-refractivity contribution in [2.24, 2.45) is 0 Å². The number of aryl methyl sites for hydroxylation is 1. The van der Waals surface area contributed by atoms with Crippen LogP contribution in [0.25, 0.3) is 0 Å². The average molecular weight is 311 g/mol. The highest BCUT2D eigenvalue weighted by atomic mass is 19.3. The van der Waals surface area contributed by atoms with E-state index in [4.69, 9.17) is 0 Å². The monoisotopic (exact) mass is 311 g/mol. The van der Waals surface area contributed by atoms with Crippen LogP contribution in [0.1, 0.15) is 36.3 Å². The van der Waals surface area contributed by atoms with Gasteiger partial charge >= 0.3 is 0 Å². The fraction of sp³-hybridized carbons (Fsp3) is 0.333. The first-order chi connectivity index (χ1) is 10.4. The summed E-state index contributed by atoms with van der Waals surface area (Å²) >= 11 is 0. The Kier molecular flexibility index (Phi) is 4.85. The van der Waals surface area contributed by atoms with E-state index >= 15 is 0 Å². The standard InChI is InChI=1S/C15H16F3N3O/c1-9-7-13(14(17)18)20-21(9)10(2)15(22)19-8-11-3-5-12(16)6-4-11/h3-7,10,14H,8H2,1-2H3,(H,19,22). The number of benzene rings is 1. The number of hydrogen-bond acceptors (Lipinski definition) is 2. The molecule has 0 saturated heterocycles. The fourth-order valence-corrected chi connectivity index (χ4v) is 2.06. The molecule has 22 heavy (non-hydrogen) atoms. The molecule has 0 saturated carbocycles. The Balaban J connectivity index is 2.01. The Morgan fingerprint density at radius 1 is 1.32 bits per heavy atom. The van der Waals surface area contributed by atoms with Gasteiger partial charge in [-0.25, -0.2) is 13.2 Å². The van der Waals surface area contributed by atoms with Gasteiger partial charge in [-0.3, -0.25) is 9.48 Å². The van der Waals surface area contributed by atoms with Crippen LogP contribution in [0.4, 0.5) is 13.2 Å². The van der Waals surface area contributed by atoms with E-state index in [-0.39, 0.29) is 24.0 Å². The quantitative estimate of drug-likeness (QED) is 0.922. The summed E-state index contributed by atoms with van der Waals surface area (Å²) in [5.74, 6) is -0.702. The molecule has 4 nitrogen and oxygen atoms in total. The van der Waals surface area contributed by atoms with Gasteiger partial charge in [0.1, 0.15) is 17.6 Å². The molecule has 1 aromatic carbocycles.